The first-order valence-corrected chi connectivity index (χ1v) is 16.4. The molecule has 0 amide bonds. The van der Waals surface area contributed by atoms with Gasteiger partial charge in [0.25, 0.3) is 0 Å². The lowest BCUT2D eigenvalue weighted by Gasteiger charge is -2.36. The molecule has 10 nitrogen and oxygen atoms in total. The summed E-state index contributed by atoms with van der Waals surface area (Å²) in [7, 11) is 0. The molecule has 272 valence electrons. The number of alkyl halides is 2. The molecule has 53 heavy (non-hydrogen) atoms. The van der Waals surface area contributed by atoms with Crippen LogP contribution in [-0.2, 0) is 42.4 Å². The second kappa shape index (κ2) is 17.4. The topological polar surface area (TPSA) is 139 Å². The summed E-state index contributed by atoms with van der Waals surface area (Å²) in [6.07, 6.45) is 4.77. The molecular weight excluding hydrogens is 690 g/mol. The van der Waals surface area contributed by atoms with Gasteiger partial charge in [0.05, 0.1) is 13.1 Å². The molecule has 0 radical (unpaired) electrons. The van der Waals surface area contributed by atoms with Gasteiger partial charge in [0.15, 0.2) is 5.60 Å². The third kappa shape index (κ3) is 9.20. The van der Waals surface area contributed by atoms with E-state index in [2.05, 4.69) is 37.5 Å². The molecule has 0 aliphatic rings. The minimum absolute atomic E-state index is 0.133. The number of hydrogen-bond donors (Lipinski definition) is 3. The highest BCUT2D eigenvalue weighted by Gasteiger charge is 2.57. The van der Waals surface area contributed by atoms with Gasteiger partial charge in [0.1, 0.15) is 36.2 Å². The van der Waals surface area contributed by atoms with E-state index in [0.717, 1.165) is 35.7 Å². The summed E-state index contributed by atoms with van der Waals surface area (Å²) >= 11 is 0. The molecule has 4 aromatic carbocycles. The number of rotatable bonds is 15. The van der Waals surface area contributed by atoms with Crippen molar-refractivity contribution in [1.29, 1.82) is 0 Å². The summed E-state index contributed by atoms with van der Waals surface area (Å²) in [6.45, 7) is 2.03. The van der Waals surface area contributed by atoms with E-state index >= 15 is 8.78 Å². The molecule has 1 atom stereocenters. The summed E-state index contributed by atoms with van der Waals surface area (Å²) in [5.74, 6) is 5.72. The number of nitrogens with one attached hydrogen (secondary N) is 1. The Bertz CT molecular complexity index is 2140. The number of aryl methyl sites for hydroxylation is 1. The Hall–Kier alpha value is -6.17. The molecule has 0 saturated heterocycles. The summed E-state index contributed by atoms with van der Waals surface area (Å²) in [4.78, 5) is 18.8. The fourth-order valence-electron chi connectivity index (χ4n) is 5.51. The van der Waals surface area contributed by atoms with Gasteiger partial charge in [0, 0.05) is 47.3 Å². The van der Waals surface area contributed by atoms with Gasteiger partial charge in [-0.05, 0) is 71.6 Å². The van der Waals surface area contributed by atoms with Crippen LogP contribution in [0, 0.1) is 23.5 Å². The third-order valence-electron chi connectivity index (χ3n) is 8.35. The van der Waals surface area contributed by atoms with Crippen LogP contribution in [0.3, 0.4) is 0 Å². The van der Waals surface area contributed by atoms with Gasteiger partial charge in [0.2, 0.25) is 6.41 Å². The van der Waals surface area contributed by atoms with Crippen LogP contribution in [0.5, 0.6) is 5.75 Å². The molecule has 0 aliphatic heterocycles. The van der Waals surface area contributed by atoms with Crippen LogP contribution in [0.25, 0.3) is 0 Å². The Morgan fingerprint density at radius 2 is 1.64 bits per heavy atom. The van der Waals surface area contributed by atoms with E-state index in [-0.39, 0.29) is 12.0 Å². The summed E-state index contributed by atoms with van der Waals surface area (Å²) < 4.78 is 68.5. The summed E-state index contributed by atoms with van der Waals surface area (Å²) in [5, 5.41) is 20.9. The van der Waals surface area contributed by atoms with Crippen LogP contribution >= 0.6 is 0 Å². The average molecular weight is 726 g/mol. The van der Waals surface area contributed by atoms with Crippen molar-refractivity contribution in [3.63, 3.8) is 0 Å². The van der Waals surface area contributed by atoms with Crippen molar-refractivity contribution in [2.24, 2.45) is 21.2 Å². The first-order chi connectivity index (χ1) is 25.6. The predicted octanol–water partition coefficient (Wildman–Crippen LogP) is 6.36. The van der Waals surface area contributed by atoms with E-state index in [9.17, 15) is 18.7 Å². The number of aliphatic imine (C=N–C) groups is 1. The van der Waals surface area contributed by atoms with Crippen LogP contribution in [0.4, 0.5) is 17.6 Å². The Balaban J connectivity index is 1.23. The van der Waals surface area contributed by atoms with Gasteiger partial charge in [-0.2, -0.15) is 8.78 Å². The largest absolute Gasteiger partial charge is 0.489 e. The lowest BCUT2D eigenvalue weighted by Crippen LogP contribution is -2.47. The monoisotopic (exact) mass is 725 g/mol. The van der Waals surface area contributed by atoms with Crippen molar-refractivity contribution >= 4 is 12.7 Å². The number of ether oxygens (including phenoxy) is 1. The van der Waals surface area contributed by atoms with Crippen molar-refractivity contribution in [2.45, 2.75) is 44.6 Å². The van der Waals surface area contributed by atoms with Crippen LogP contribution in [-0.4, -0.2) is 34.0 Å². The molecule has 0 bridgehead atoms. The normalized spacial score (nSPS) is 12.8. The fourth-order valence-corrected chi connectivity index (χ4v) is 5.51. The lowest BCUT2D eigenvalue weighted by atomic mass is 9.81. The maximum absolute atomic E-state index is 16.3. The van der Waals surface area contributed by atoms with Crippen molar-refractivity contribution in [3.8, 4) is 17.6 Å². The van der Waals surface area contributed by atoms with E-state index in [0.29, 0.717) is 54.9 Å². The minimum Gasteiger partial charge on any atom is -0.489 e. The zero-order valence-electron chi connectivity index (χ0n) is 28.5. The number of hydrogen-bond acceptors (Lipinski definition) is 7. The maximum atomic E-state index is 16.3. The quantitative estimate of drug-likeness (QED) is 0.0168. The number of imidazole rings is 1. The van der Waals surface area contributed by atoms with Crippen molar-refractivity contribution < 1.29 is 32.2 Å². The lowest BCUT2D eigenvalue weighted by molar-refractivity contribution is -0.191. The first kappa shape index (κ1) is 38.1. The Morgan fingerprint density at radius 3 is 2.34 bits per heavy atom. The Kier molecular flexibility index (Phi) is 12.5. The van der Waals surface area contributed by atoms with Crippen LogP contribution < -0.4 is 15.9 Å². The van der Waals surface area contributed by atoms with E-state index < -0.39 is 40.8 Å². The number of nitrogens with two attached hydrogens (primary N) is 1. The van der Waals surface area contributed by atoms with E-state index in [4.69, 9.17) is 10.6 Å². The molecule has 1 aromatic heterocycles. The predicted molar refractivity (Wildman–Crippen MR) is 190 cm³/mol. The average Bonchev–Trinajstić information content (AvgIpc) is 3.63. The molecular formula is C39H35F4N7O3. The number of nitrogens with zero attached hydrogens (tertiary/aromatic N) is 5. The molecule has 0 aliphatic carbocycles. The van der Waals surface area contributed by atoms with E-state index in [1.807, 2.05) is 24.3 Å². The number of carbonyl (C=O) groups excluding carboxylic acids is 1. The number of aliphatic hydroxyl groups is 1. The van der Waals surface area contributed by atoms with Gasteiger partial charge < -0.3 is 21.0 Å². The maximum Gasteiger partial charge on any atom is 0.307 e. The molecule has 5 rings (SSSR count). The Labute approximate surface area is 303 Å². The van der Waals surface area contributed by atoms with Crippen molar-refractivity contribution in [2.75, 3.05) is 6.54 Å². The molecule has 1 heterocycles. The molecule has 0 saturated carbocycles. The second-order valence-corrected chi connectivity index (χ2v) is 11.8. The fraction of sp³-hybridized carbons (Fsp3) is 0.205. The van der Waals surface area contributed by atoms with Crippen LogP contribution in [0.15, 0.2) is 113 Å². The number of benzene rings is 4. The van der Waals surface area contributed by atoms with Gasteiger partial charge in [-0.15, -0.1) is 5.11 Å². The zero-order chi connectivity index (χ0) is 37.8. The van der Waals surface area contributed by atoms with Crippen LogP contribution in [0.1, 0.15) is 51.7 Å². The highest BCUT2D eigenvalue weighted by molar-refractivity contribution is 5.55. The standard InChI is InChI=1S/C39H35F4N7O3/c1-2-31-19-28(11-15-34(31)39(42,43)38(52,24-46-25-48-49-44)35-16-12-32(40)20-36(35)41)4-3-27-9-13-33(14-10-27)53-23-30-7-5-29(6-8-30)21-45-22-37-47-17-18-50(37)26-51/h5-20,25-26,45,52H,2,21-24H2,1H3,(H2,44,46,48). The van der Waals surface area contributed by atoms with E-state index in [1.165, 1.54) is 16.7 Å². The highest BCUT2D eigenvalue weighted by Crippen LogP contribution is 2.48. The van der Waals surface area contributed by atoms with Gasteiger partial charge >= 0.3 is 5.92 Å². The Morgan fingerprint density at radius 1 is 0.943 bits per heavy atom. The van der Waals surface area contributed by atoms with Gasteiger partial charge in [-0.1, -0.05) is 54.3 Å². The highest BCUT2D eigenvalue weighted by atomic mass is 19.3. The summed E-state index contributed by atoms with van der Waals surface area (Å²) in [5.41, 5.74) is -1.35. The SMILES string of the molecule is CCc1cc(C#Cc2ccc(OCc3ccc(CNCc4nccn4C=O)cc3)cc2)ccc1C(F)(F)C(O)(CN=CN=NN)c1ccc(F)cc1F. The molecule has 5 aromatic rings. The van der Waals surface area contributed by atoms with Gasteiger partial charge in [-0.3, -0.25) is 14.4 Å². The molecule has 4 N–H and O–H groups in total. The van der Waals surface area contributed by atoms with Gasteiger partial charge in [-0.25, -0.2) is 13.8 Å². The molecule has 14 heteroatoms. The van der Waals surface area contributed by atoms with Crippen molar-refractivity contribution in [1.82, 2.24) is 14.9 Å². The molecule has 1 unspecified atom stereocenters. The number of carbonyl (C=O) groups is 1. The summed E-state index contributed by atoms with van der Waals surface area (Å²) in [6, 6.07) is 21.0. The van der Waals surface area contributed by atoms with Crippen LogP contribution in [0.2, 0.25) is 0 Å². The second-order valence-electron chi connectivity index (χ2n) is 11.8. The van der Waals surface area contributed by atoms with Crippen molar-refractivity contribution in [3.05, 3.63) is 154 Å². The van der Waals surface area contributed by atoms with E-state index in [1.54, 1.807) is 43.6 Å². The third-order valence-corrected chi connectivity index (χ3v) is 8.35. The number of halogens is 4. The zero-order valence-corrected chi connectivity index (χ0v) is 28.5. The minimum atomic E-state index is -4.10. The molecule has 0 fully saturated rings. The number of aromatic nitrogens is 2. The first-order valence-electron chi connectivity index (χ1n) is 16.4. The smallest absolute Gasteiger partial charge is 0.307 e. The molecule has 0 spiro atoms.